The van der Waals surface area contributed by atoms with Crippen molar-refractivity contribution in [1.29, 1.82) is 0 Å². The lowest BCUT2D eigenvalue weighted by Gasteiger charge is -2.15. The highest BCUT2D eigenvalue weighted by molar-refractivity contribution is 6.32. The van der Waals surface area contributed by atoms with Crippen LogP contribution in [0.2, 0.25) is 5.02 Å². The van der Waals surface area contributed by atoms with Gasteiger partial charge in [0.05, 0.1) is 33.7 Å². The Hall–Kier alpha value is -4.57. The molecule has 0 bridgehead atoms. The van der Waals surface area contributed by atoms with E-state index in [-0.39, 0.29) is 22.9 Å². The van der Waals surface area contributed by atoms with Gasteiger partial charge in [-0.2, -0.15) is 9.78 Å². The second-order valence-corrected chi connectivity index (χ2v) is 8.21. The summed E-state index contributed by atoms with van der Waals surface area (Å²) in [5.41, 5.74) is 0.505. The molecule has 188 valence electrons. The third-order valence-corrected chi connectivity index (χ3v) is 5.54. The van der Waals surface area contributed by atoms with Gasteiger partial charge in [0.25, 0.3) is 5.56 Å². The van der Waals surface area contributed by atoms with Crippen molar-refractivity contribution in [3.05, 3.63) is 97.8 Å². The Bertz CT molecular complexity index is 1570. The topological polar surface area (TPSA) is 126 Å². The van der Waals surface area contributed by atoms with Crippen LogP contribution in [-0.4, -0.2) is 39.5 Å². The number of ether oxygens (including phenoxy) is 2. The lowest BCUT2D eigenvalue weighted by Crippen LogP contribution is -2.26. The largest absolute Gasteiger partial charge is 0.471 e. The number of nitro benzene ring substituents is 1. The fraction of sp³-hybridized carbons (Fsp3) is 0.154. The summed E-state index contributed by atoms with van der Waals surface area (Å²) in [6.45, 7) is 3.16. The first-order valence-corrected chi connectivity index (χ1v) is 11.6. The Morgan fingerprint density at radius 2 is 1.89 bits per heavy atom. The van der Waals surface area contributed by atoms with Crippen LogP contribution in [0.1, 0.15) is 19.4 Å². The molecule has 0 aliphatic rings. The molecule has 11 heteroatoms. The van der Waals surface area contributed by atoms with Crippen molar-refractivity contribution in [2.75, 3.05) is 6.61 Å². The van der Waals surface area contributed by atoms with Crippen LogP contribution >= 0.6 is 11.6 Å². The van der Waals surface area contributed by atoms with Crippen molar-refractivity contribution in [2.45, 2.75) is 20.0 Å². The molecule has 37 heavy (non-hydrogen) atoms. The summed E-state index contributed by atoms with van der Waals surface area (Å²) in [6.07, 6.45) is 0.146. The molecule has 3 aromatic carbocycles. The van der Waals surface area contributed by atoms with E-state index in [0.29, 0.717) is 22.3 Å². The maximum atomic E-state index is 13.3. The molecular formula is C26H21ClN4O6. The van der Waals surface area contributed by atoms with Gasteiger partial charge in [-0.05, 0) is 32.0 Å². The van der Waals surface area contributed by atoms with Gasteiger partial charge >= 0.3 is 11.7 Å². The van der Waals surface area contributed by atoms with Crippen molar-refractivity contribution in [1.82, 2.24) is 9.66 Å². The van der Waals surface area contributed by atoms with Crippen LogP contribution < -0.4 is 10.3 Å². The van der Waals surface area contributed by atoms with Gasteiger partial charge in [0, 0.05) is 17.2 Å². The normalized spacial score (nSPS) is 12.0. The Kier molecular flexibility index (Phi) is 7.59. The number of fused-ring (bicyclic) bond motifs is 1. The zero-order valence-electron chi connectivity index (χ0n) is 19.8. The number of aromatic nitrogens is 2. The van der Waals surface area contributed by atoms with Crippen LogP contribution in [0.15, 0.2) is 76.6 Å². The zero-order valence-corrected chi connectivity index (χ0v) is 20.6. The van der Waals surface area contributed by atoms with E-state index in [4.69, 9.17) is 21.1 Å². The van der Waals surface area contributed by atoms with Crippen molar-refractivity contribution in [2.24, 2.45) is 5.10 Å². The molecule has 0 saturated carbocycles. The number of carbonyl (C=O) groups excluding carboxylic acids is 1. The summed E-state index contributed by atoms with van der Waals surface area (Å²) >= 11 is 6.30. The van der Waals surface area contributed by atoms with E-state index in [1.165, 1.54) is 25.3 Å². The maximum Gasteiger partial charge on any atom is 0.347 e. The highest BCUT2D eigenvalue weighted by Gasteiger charge is 2.25. The second kappa shape index (κ2) is 11.0. The number of nitro groups is 1. The van der Waals surface area contributed by atoms with Gasteiger partial charge in [-0.25, -0.2) is 9.78 Å². The number of nitrogens with zero attached hydrogens (tertiary/aromatic N) is 4. The van der Waals surface area contributed by atoms with Crippen LogP contribution in [0.25, 0.3) is 22.3 Å². The highest BCUT2D eigenvalue weighted by atomic mass is 35.5. The van der Waals surface area contributed by atoms with Crippen LogP contribution in [0, 0.1) is 10.1 Å². The van der Waals surface area contributed by atoms with E-state index >= 15 is 0 Å². The minimum Gasteiger partial charge on any atom is -0.471 e. The van der Waals surface area contributed by atoms with Gasteiger partial charge in [0.1, 0.15) is 0 Å². The zero-order chi connectivity index (χ0) is 26.5. The number of carbonyl (C=O) groups is 1. The molecular weight excluding hydrogens is 500 g/mol. The molecule has 0 aliphatic carbocycles. The fourth-order valence-corrected chi connectivity index (χ4v) is 3.81. The number of rotatable bonds is 8. The average molecular weight is 521 g/mol. The highest BCUT2D eigenvalue weighted by Crippen LogP contribution is 2.36. The van der Waals surface area contributed by atoms with Gasteiger partial charge in [-0.3, -0.25) is 14.9 Å². The smallest absolute Gasteiger partial charge is 0.347 e. The third kappa shape index (κ3) is 5.49. The average Bonchev–Trinajstić information content (AvgIpc) is 2.89. The Labute approximate surface area is 215 Å². The van der Waals surface area contributed by atoms with E-state index in [9.17, 15) is 19.7 Å². The minimum absolute atomic E-state index is 0.112. The number of hydrogen-bond donors (Lipinski definition) is 0. The SMILES string of the molecule is CCOC(=O)[C@H](C)Oc1c(Cl)cc(C=Nn2c(-c3ccccc3)nc3ccccc3c2=O)cc1[N+](=O)[O-]. The second-order valence-electron chi connectivity index (χ2n) is 7.80. The monoisotopic (exact) mass is 520 g/mol. The standard InChI is InChI=1S/C26H21ClN4O6/c1-3-36-26(33)16(2)37-23-20(27)13-17(14-22(23)31(34)35)15-28-30-24(18-9-5-4-6-10-18)29-21-12-8-7-11-19(21)25(30)32/h4-16H,3H2,1-2H3/t16-/m0/s1. The van der Waals surface area contributed by atoms with Gasteiger partial charge in [0.2, 0.25) is 5.75 Å². The molecule has 0 unspecified atom stereocenters. The molecule has 0 amide bonds. The summed E-state index contributed by atoms with van der Waals surface area (Å²) in [4.78, 5) is 40.9. The first-order chi connectivity index (χ1) is 17.8. The first kappa shape index (κ1) is 25.5. The molecule has 0 saturated heterocycles. The first-order valence-electron chi connectivity index (χ1n) is 11.2. The summed E-state index contributed by atoms with van der Waals surface area (Å²) < 4.78 is 11.5. The molecule has 1 aromatic heterocycles. The predicted octanol–water partition coefficient (Wildman–Crippen LogP) is 4.84. The molecule has 4 aromatic rings. The fourth-order valence-electron chi connectivity index (χ4n) is 3.54. The van der Waals surface area contributed by atoms with Crippen molar-refractivity contribution in [3.63, 3.8) is 0 Å². The van der Waals surface area contributed by atoms with E-state index in [0.717, 1.165) is 4.68 Å². The van der Waals surface area contributed by atoms with Crippen LogP contribution in [0.3, 0.4) is 0 Å². The van der Waals surface area contributed by atoms with Crippen molar-refractivity contribution < 1.29 is 19.2 Å². The van der Waals surface area contributed by atoms with Crippen LogP contribution in [0.5, 0.6) is 5.75 Å². The number of halogens is 1. The predicted molar refractivity (Wildman–Crippen MR) is 139 cm³/mol. The third-order valence-electron chi connectivity index (χ3n) is 5.26. The Morgan fingerprint density at radius 1 is 1.19 bits per heavy atom. The van der Waals surface area contributed by atoms with E-state index < -0.39 is 28.2 Å². The Balaban J connectivity index is 1.79. The van der Waals surface area contributed by atoms with E-state index in [1.807, 2.05) is 18.2 Å². The van der Waals surface area contributed by atoms with Gasteiger partial charge < -0.3 is 9.47 Å². The lowest BCUT2D eigenvalue weighted by molar-refractivity contribution is -0.386. The molecule has 4 rings (SSSR count). The van der Waals surface area contributed by atoms with Gasteiger partial charge in [0.15, 0.2) is 11.9 Å². The number of benzene rings is 3. The van der Waals surface area contributed by atoms with Crippen LogP contribution in [0.4, 0.5) is 5.69 Å². The number of esters is 1. The molecule has 1 atom stereocenters. The Morgan fingerprint density at radius 3 is 2.59 bits per heavy atom. The van der Waals surface area contributed by atoms with E-state index in [2.05, 4.69) is 10.1 Å². The minimum atomic E-state index is -1.12. The molecule has 0 radical (unpaired) electrons. The molecule has 10 nitrogen and oxygen atoms in total. The molecule has 0 fully saturated rings. The number of hydrogen-bond acceptors (Lipinski definition) is 8. The van der Waals surface area contributed by atoms with Gasteiger partial charge in [-0.1, -0.05) is 54.1 Å². The quantitative estimate of drug-likeness (QED) is 0.141. The van der Waals surface area contributed by atoms with Crippen molar-refractivity contribution in [3.8, 4) is 17.1 Å². The summed E-state index contributed by atoms with van der Waals surface area (Å²) in [5.74, 6) is -0.668. The molecule has 0 aliphatic heterocycles. The molecule has 1 heterocycles. The molecule has 0 N–H and O–H groups in total. The van der Waals surface area contributed by atoms with Crippen molar-refractivity contribution >= 4 is 40.4 Å². The lowest BCUT2D eigenvalue weighted by atomic mass is 10.2. The van der Waals surface area contributed by atoms with E-state index in [1.54, 1.807) is 43.3 Å². The summed E-state index contributed by atoms with van der Waals surface area (Å²) in [7, 11) is 0. The molecule has 0 spiro atoms. The van der Waals surface area contributed by atoms with Crippen LogP contribution in [-0.2, 0) is 9.53 Å². The maximum absolute atomic E-state index is 13.3. The van der Waals surface area contributed by atoms with Gasteiger partial charge in [-0.15, -0.1) is 0 Å². The summed E-state index contributed by atoms with van der Waals surface area (Å²) in [5, 5.41) is 16.3. The number of para-hydroxylation sites is 1. The summed E-state index contributed by atoms with van der Waals surface area (Å²) in [6, 6.07) is 18.5.